The molecule has 5 heteroatoms. The molecule has 0 aromatic carbocycles. The molecule has 1 atom stereocenters. The lowest BCUT2D eigenvalue weighted by Gasteiger charge is -2.24. The zero-order valence-corrected chi connectivity index (χ0v) is 9.28. The standard InChI is InChI=1S/C10H17NO4/c1-4-5-10(3,6-14-8(2)12)7-15-9(11)13/h4-5H,6-7H2,1-3H3,(H2,11,13)/b5-4-. The van der Waals surface area contributed by atoms with E-state index in [1.807, 2.05) is 6.92 Å². The third-order valence-corrected chi connectivity index (χ3v) is 1.72. The smallest absolute Gasteiger partial charge is 0.404 e. The second-order valence-electron chi connectivity index (χ2n) is 3.54. The molecule has 1 amide bonds. The Morgan fingerprint density at radius 1 is 1.33 bits per heavy atom. The van der Waals surface area contributed by atoms with E-state index in [-0.39, 0.29) is 19.2 Å². The molecule has 0 rings (SSSR count). The summed E-state index contributed by atoms with van der Waals surface area (Å²) >= 11 is 0. The first-order valence-corrected chi connectivity index (χ1v) is 4.59. The Kier molecular flexibility index (Phi) is 5.44. The van der Waals surface area contributed by atoms with Crippen molar-refractivity contribution in [2.75, 3.05) is 13.2 Å². The summed E-state index contributed by atoms with van der Waals surface area (Å²) < 4.78 is 9.56. The predicted octanol–water partition coefficient (Wildman–Crippen LogP) is 1.23. The van der Waals surface area contributed by atoms with Crippen molar-refractivity contribution in [2.45, 2.75) is 20.8 Å². The van der Waals surface area contributed by atoms with Crippen molar-refractivity contribution in [3.63, 3.8) is 0 Å². The zero-order chi connectivity index (χ0) is 11.9. The number of esters is 1. The molecule has 2 N–H and O–H groups in total. The van der Waals surface area contributed by atoms with Crippen molar-refractivity contribution in [3.05, 3.63) is 12.2 Å². The van der Waals surface area contributed by atoms with E-state index in [0.29, 0.717) is 0 Å². The van der Waals surface area contributed by atoms with Crippen molar-refractivity contribution < 1.29 is 19.1 Å². The summed E-state index contributed by atoms with van der Waals surface area (Å²) in [5, 5.41) is 0. The van der Waals surface area contributed by atoms with Crippen LogP contribution in [0.4, 0.5) is 4.79 Å². The number of allylic oxidation sites excluding steroid dienone is 1. The molecule has 86 valence electrons. The van der Waals surface area contributed by atoms with Crippen molar-refractivity contribution >= 4 is 12.1 Å². The first-order chi connectivity index (χ1) is 6.89. The van der Waals surface area contributed by atoms with Crippen LogP contribution in [0.3, 0.4) is 0 Å². The van der Waals surface area contributed by atoms with Crippen LogP contribution in [0.25, 0.3) is 0 Å². The lowest BCUT2D eigenvalue weighted by Crippen LogP contribution is -2.30. The summed E-state index contributed by atoms with van der Waals surface area (Å²) in [7, 11) is 0. The average Bonchev–Trinajstić information content (AvgIpc) is 2.13. The largest absolute Gasteiger partial charge is 0.465 e. The van der Waals surface area contributed by atoms with Crippen LogP contribution in [-0.4, -0.2) is 25.3 Å². The normalized spacial score (nSPS) is 14.6. The topological polar surface area (TPSA) is 78.6 Å². The van der Waals surface area contributed by atoms with Gasteiger partial charge in [0.15, 0.2) is 0 Å². The molecule has 0 aliphatic rings. The van der Waals surface area contributed by atoms with Gasteiger partial charge in [0.1, 0.15) is 13.2 Å². The highest BCUT2D eigenvalue weighted by atomic mass is 16.6. The average molecular weight is 215 g/mol. The molecule has 15 heavy (non-hydrogen) atoms. The van der Waals surface area contributed by atoms with E-state index < -0.39 is 11.5 Å². The summed E-state index contributed by atoms with van der Waals surface area (Å²) in [5.41, 5.74) is 4.33. The number of carbonyl (C=O) groups is 2. The summed E-state index contributed by atoms with van der Waals surface area (Å²) in [6.45, 7) is 5.19. The van der Waals surface area contributed by atoms with Gasteiger partial charge in [-0.25, -0.2) is 4.79 Å². The van der Waals surface area contributed by atoms with Crippen molar-refractivity contribution in [2.24, 2.45) is 11.1 Å². The molecule has 0 aliphatic carbocycles. The molecular formula is C10H17NO4. The van der Waals surface area contributed by atoms with E-state index in [1.54, 1.807) is 19.1 Å². The third kappa shape index (κ3) is 6.54. The maximum Gasteiger partial charge on any atom is 0.404 e. The van der Waals surface area contributed by atoms with Gasteiger partial charge in [-0.3, -0.25) is 4.79 Å². The molecular weight excluding hydrogens is 198 g/mol. The molecule has 0 saturated heterocycles. The molecule has 0 aliphatic heterocycles. The monoisotopic (exact) mass is 215 g/mol. The SMILES string of the molecule is C/C=C\C(C)(COC(C)=O)COC(N)=O. The molecule has 0 bridgehead atoms. The number of rotatable bonds is 5. The van der Waals surface area contributed by atoms with Gasteiger partial charge in [-0.2, -0.15) is 0 Å². The first-order valence-electron chi connectivity index (χ1n) is 4.59. The predicted molar refractivity (Wildman–Crippen MR) is 55.1 cm³/mol. The maximum absolute atomic E-state index is 10.7. The minimum atomic E-state index is -0.839. The van der Waals surface area contributed by atoms with Gasteiger partial charge >= 0.3 is 12.1 Å². The fourth-order valence-electron chi connectivity index (χ4n) is 1.04. The highest BCUT2D eigenvalue weighted by molar-refractivity contribution is 5.66. The van der Waals surface area contributed by atoms with Gasteiger partial charge < -0.3 is 15.2 Å². The second kappa shape index (κ2) is 6.06. The van der Waals surface area contributed by atoms with Crippen LogP contribution >= 0.6 is 0 Å². The minimum absolute atomic E-state index is 0.0833. The minimum Gasteiger partial charge on any atom is -0.465 e. The molecule has 0 aromatic rings. The van der Waals surface area contributed by atoms with Crippen LogP contribution < -0.4 is 5.73 Å². The molecule has 0 aromatic heterocycles. The molecule has 0 heterocycles. The van der Waals surface area contributed by atoms with E-state index >= 15 is 0 Å². The highest BCUT2D eigenvalue weighted by Gasteiger charge is 2.24. The Labute approximate surface area is 89.2 Å². The second-order valence-corrected chi connectivity index (χ2v) is 3.54. The fourth-order valence-corrected chi connectivity index (χ4v) is 1.04. The Morgan fingerprint density at radius 3 is 2.27 bits per heavy atom. The summed E-state index contributed by atoms with van der Waals surface area (Å²) in [6.07, 6.45) is 2.76. The van der Waals surface area contributed by atoms with Crippen LogP contribution in [0.1, 0.15) is 20.8 Å². The number of ether oxygens (including phenoxy) is 2. The number of nitrogens with two attached hydrogens (primary N) is 1. The van der Waals surface area contributed by atoms with Crippen LogP contribution in [0.5, 0.6) is 0 Å². The van der Waals surface area contributed by atoms with Crippen molar-refractivity contribution in [1.82, 2.24) is 0 Å². The number of hydrogen-bond donors (Lipinski definition) is 1. The Bertz CT molecular complexity index is 242. The van der Waals surface area contributed by atoms with Gasteiger partial charge in [-0.15, -0.1) is 0 Å². The lowest BCUT2D eigenvalue weighted by atomic mass is 9.92. The van der Waals surface area contributed by atoms with Gasteiger partial charge in [-0.1, -0.05) is 12.2 Å². The van der Waals surface area contributed by atoms with Gasteiger partial charge in [-0.05, 0) is 13.8 Å². The summed E-state index contributed by atoms with van der Waals surface area (Å²) in [6, 6.07) is 0. The maximum atomic E-state index is 10.7. The zero-order valence-electron chi connectivity index (χ0n) is 9.28. The third-order valence-electron chi connectivity index (χ3n) is 1.72. The Balaban J connectivity index is 4.30. The van der Waals surface area contributed by atoms with Crippen LogP contribution in [0.2, 0.25) is 0 Å². The number of amides is 1. The van der Waals surface area contributed by atoms with Gasteiger partial charge in [0.05, 0.1) is 5.41 Å². The molecule has 0 fully saturated rings. The van der Waals surface area contributed by atoms with E-state index in [0.717, 1.165) is 0 Å². The highest BCUT2D eigenvalue weighted by Crippen LogP contribution is 2.19. The Hall–Kier alpha value is -1.52. The van der Waals surface area contributed by atoms with E-state index in [2.05, 4.69) is 4.74 Å². The van der Waals surface area contributed by atoms with Gasteiger partial charge in [0.2, 0.25) is 0 Å². The number of hydrogen-bond acceptors (Lipinski definition) is 4. The van der Waals surface area contributed by atoms with E-state index in [1.165, 1.54) is 6.92 Å². The van der Waals surface area contributed by atoms with Crippen molar-refractivity contribution in [1.29, 1.82) is 0 Å². The lowest BCUT2D eigenvalue weighted by molar-refractivity contribution is -0.143. The van der Waals surface area contributed by atoms with Crippen molar-refractivity contribution in [3.8, 4) is 0 Å². The quantitative estimate of drug-likeness (QED) is 0.552. The van der Waals surface area contributed by atoms with E-state index in [4.69, 9.17) is 10.5 Å². The summed E-state index contributed by atoms with van der Waals surface area (Å²) in [5.74, 6) is -0.371. The van der Waals surface area contributed by atoms with E-state index in [9.17, 15) is 9.59 Å². The molecule has 1 unspecified atom stereocenters. The van der Waals surface area contributed by atoms with Gasteiger partial charge in [0.25, 0.3) is 0 Å². The molecule has 0 saturated carbocycles. The molecule has 5 nitrogen and oxygen atoms in total. The van der Waals surface area contributed by atoms with Gasteiger partial charge in [0, 0.05) is 6.92 Å². The first kappa shape index (κ1) is 13.5. The van der Waals surface area contributed by atoms with Crippen LogP contribution in [0, 0.1) is 5.41 Å². The Morgan fingerprint density at radius 2 is 1.87 bits per heavy atom. The molecule has 0 spiro atoms. The van der Waals surface area contributed by atoms with Crippen LogP contribution in [0.15, 0.2) is 12.2 Å². The summed E-state index contributed by atoms with van der Waals surface area (Å²) in [4.78, 5) is 21.1. The number of carbonyl (C=O) groups excluding carboxylic acids is 2. The fraction of sp³-hybridized carbons (Fsp3) is 0.600. The molecule has 0 radical (unpaired) electrons. The number of primary amides is 1. The van der Waals surface area contributed by atoms with Crippen LogP contribution in [-0.2, 0) is 14.3 Å².